The molecule has 0 saturated heterocycles. The minimum absolute atomic E-state index is 0.0226. The van der Waals surface area contributed by atoms with E-state index in [0.29, 0.717) is 5.52 Å². The Hall–Kier alpha value is -1.58. The number of benzene rings is 1. The van der Waals surface area contributed by atoms with Gasteiger partial charge in [0.2, 0.25) is 5.95 Å². The third-order valence-corrected chi connectivity index (χ3v) is 1.76. The van der Waals surface area contributed by atoms with Crippen LogP contribution in [0.5, 0.6) is 0 Å². The first kappa shape index (κ1) is 8.04. The Kier molecular flexibility index (Phi) is 1.69. The Labute approximate surface area is 73.2 Å². The maximum Gasteiger partial charge on any atom is 0.234 e. The zero-order valence-corrected chi connectivity index (χ0v) is 6.88. The van der Waals surface area contributed by atoms with Crippen molar-refractivity contribution in [3.63, 3.8) is 0 Å². The Balaban J connectivity index is 2.89. The fraction of sp³-hybridized carbons (Fsp3) is 0.111. The molecule has 0 aliphatic heterocycles. The molecule has 0 aliphatic rings. The summed E-state index contributed by atoms with van der Waals surface area (Å²) in [7, 11) is 0. The molecule has 2 rings (SSSR count). The van der Waals surface area contributed by atoms with Gasteiger partial charge in [0.05, 0.1) is 11.2 Å². The molecule has 0 amide bonds. The summed E-state index contributed by atoms with van der Waals surface area (Å²) in [6.45, 7) is 1.49. The first-order valence-electron chi connectivity index (χ1n) is 3.77. The molecule has 0 fully saturated rings. The number of rotatable bonds is 0. The summed E-state index contributed by atoms with van der Waals surface area (Å²) in [5.41, 5.74) is 0.530. The van der Waals surface area contributed by atoms with Crippen molar-refractivity contribution in [2.24, 2.45) is 0 Å². The van der Waals surface area contributed by atoms with Crippen LogP contribution in [0.1, 0.15) is 5.69 Å². The number of para-hydroxylation sites is 1. The normalized spacial score (nSPS) is 10.7. The predicted molar refractivity (Wildman–Crippen MR) is 44.2 cm³/mol. The first-order chi connectivity index (χ1) is 6.18. The van der Waals surface area contributed by atoms with E-state index in [2.05, 4.69) is 9.97 Å². The molecule has 13 heavy (non-hydrogen) atoms. The summed E-state index contributed by atoms with van der Waals surface area (Å²) in [6.07, 6.45) is 0. The highest BCUT2D eigenvalue weighted by Crippen LogP contribution is 2.14. The van der Waals surface area contributed by atoms with Crippen molar-refractivity contribution in [2.75, 3.05) is 0 Å². The summed E-state index contributed by atoms with van der Waals surface area (Å²) in [6, 6.07) is 4.34. The Morgan fingerprint density at radius 1 is 1.15 bits per heavy atom. The van der Waals surface area contributed by atoms with Crippen molar-refractivity contribution >= 4 is 11.0 Å². The van der Waals surface area contributed by atoms with Crippen LogP contribution in [0.3, 0.4) is 0 Å². The van der Waals surface area contributed by atoms with E-state index >= 15 is 0 Å². The van der Waals surface area contributed by atoms with Gasteiger partial charge >= 0.3 is 0 Å². The lowest BCUT2D eigenvalue weighted by Crippen LogP contribution is -1.95. The fourth-order valence-corrected chi connectivity index (χ4v) is 1.11. The van der Waals surface area contributed by atoms with Crippen LogP contribution in [0, 0.1) is 18.7 Å². The van der Waals surface area contributed by atoms with Crippen molar-refractivity contribution < 1.29 is 8.78 Å². The molecule has 2 nitrogen and oxygen atoms in total. The van der Waals surface area contributed by atoms with Crippen LogP contribution in [-0.4, -0.2) is 9.97 Å². The number of aromatic nitrogens is 2. The number of hydrogen-bond acceptors (Lipinski definition) is 2. The van der Waals surface area contributed by atoms with Gasteiger partial charge in [-0.15, -0.1) is 0 Å². The monoisotopic (exact) mass is 180 g/mol. The third kappa shape index (κ3) is 1.24. The zero-order valence-electron chi connectivity index (χ0n) is 6.88. The summed E-state index contributed by atoms with van der Waals surface area (Å²) in [5, 5.41) is 0. The van der Waals surface area contributed by atoms with Crippen LogP contribution in [0.25, 0.3) is 11.0 Å². The van der Waals surface area contributed by atoms with E-state index in [1.165, 1.54) is 19.1 Å². The number of aryl methyl sites for hydroxylation is 1. The summed E-state index contributed by atoms with van der Waals surface area (Å²) in [5.74, 6) is -1.28. The van der Waals surface area contributed by atoms with Gasteiger partial charge in [0, 0.05) is 0 Å². The van der Waals surface area contributed by atoms with Gasteiger partial charge in [0.1, 0.15) is 5.52 Å². The molecule has 1 aromatic carbocycles. The van der Waals surface area contributed by atoms with Crippen molar-refractivity contribution in [3.05, 3.63) is 35.7 Å². The van der Waals surface area contributed by atoms with Gasteiger partial charge in [0.25, 0.3) is 0 Å². The average Bonchev–Trinajstić information content (AvgIpc) is 2.09. The maximum absolute atomic E-state index is 13.0. The number of halogens is 2. The quantitative estimate of drug-likeness (QED) is 0.621. The first-order valence-corrected chi connectivity index (χ1v) is 3.77. The zero-order chi connectivity index (χ0) is 9.42. The number of nitrogens with zero attached hydrogens (tertiary/aromatic N) is 2. The topological polar surface area (TPSA) is 25.8 Å². The molecule has 1 aromatic heterocycles. The SMILES string of the molecule is Cc1nc2cccc(F)c2nc1F. The van der Waals surface area contributed by atoms with E-state index in [0.717, 1.165) is 0 Å². The second kappa shape index (κ2) is 2.73. The molecule has 2 aromatic rings. The molecule has 4 heteroatoms. The van der Waals surface area contributed by atoms with E-state index in [-0.39, 0.29) is 11.2 Å². The molecule has 0 spiro atoms. The lowest BCUT2D eigenvalue weighted by Gasteiger charge is -1.99. The maximum atomic E-state index is 13.0. The van der Waals surface area contributed by atoms with Gasteiger partial charge in [-0.3, -0.25) is 0 Å². The minimum atomic E-state index is -0.724. The molecule has 0 N–H and O–H groups in total. The molecule has 66 valence electrons. The van der Waals surface area contributed by atoms with E-state index in [4.69, 9.17) is 0 Å². The minimum Gasteiger partial charge on any atom is -0.247 e. The van der Waals surface area contributed by atoms with Crippen LogP contribution in [-0.2, 0) is 0 Å². The molecule has 0 bridgehead atoms. The molecule has 1 heterocycles. The van der Waals surface area contributed by atoms with Crippen molar-refractivity contribution in [1.29, 1.82) is 0 Å². The molecule has 0 radical (unpaired) electrons. The Morgan fingerprint density at radius 2 is 1.92 bits per heavy atom. The van der Waals surface area contributed by atoms with Crippen LogP contribution < -0.4 is 0 Å². The van der Waals surface area contributed by atoms with E-state index < -0.39 is 11.8 Å². The number of fused-ring (bicyclic) bond motifs is 1. The average molecular weight is 180 g/mol. The highest BCUT2D eigenvalue weighted by molar-refractivity contribution is 5.74. The van der Waals surface area contributed by atoms with Crippen LogP contribution in [0.4, 0.5) is 8.78 Å². The molecule has 0 atom stereocenters. The predicted octanol–water partition coefficient (Wildman–Crippen LogP) is 2.22. The Bertz CT molecular complexity index is 468. The van der Waals surface area contributed by atoms with E-state index in [9.17, 15) is 8.78 Å². The van der Waals surface area contributed by atoms with Gasteiger partial charge in [-0.2, -0.15) is 4.39 Å². The van der Waals surface area contributed by atoms with Crippen LogP contribution in [0.2, 0.25) is 0 Å². The smallest absolute Gasteiger partial charge is 0.234 e. The molecule has 0 aliphatic carbocycles. The number of hydrogen-bond donors (Lipinski definition) is 0. The molecular weight excluding hydrogens is 174 g/mol. The van der Waals surface area contributed by atoms with E-state index in [1.807, 2.05) is 0 Å². The van der Waals surface area contributed by atoms with E-state index in [1.54, 1.807) is 6.07 Å². The molecular formula is C9H6F2N2. The standard InChI is InChI=1S/C9H6F2N2/c1-5-9(11)13-8-6(10)3-2-4-7(8)12-5/h2-4H,1H3. The lowest BCUT2D eigenvalue weighted by molar-refractivity contribution is 0.565. The summed E-state index contributed by atoms with van der Waals surface area (Å²) < 4.78 is 25.9. The van der Waals surface area contributed by atoms with Crippen molar-refractivity contribution in [1.82, 2.24) is 9.97 Å². The second-order valence-corrected chi connectivity index (χ2v) is 2.71. The van der Waals surface area contributed by atoms with Gasteiger partial charge in [-0.25, -0.2) is 14.4 Å². The van der Waals surface area contributed by atoms with Gasteiger partial charge in [0.15, 0.2) is 5.82 Å². The third-order valence-electron chi connectivity index (χ3n) is 1.76. The van der Waals surface area contributed by atoms with Crippen molar-refractivity contribution in [3.8, 4) is 0 Å². The largest absolute Gasteiger partial charge is 0.247 e. The Morgan fingerprint density at radius 3 is 2.69 bits per heavy atom. The van der Waals surface area contributed by atoms with Gasteiger partial charge in [-0.1, -0.05) is 6.07 Å². The van der Waals surface area contributed by atoms with Gasteiger partial charge in [-0.05, 0) is 19.1 Å². The fourth-order valence-electron chi connectivity index (χ4n) is 1.11. The summed E-state index contributed by atoms with van der Waals surface area (Å²) >= 11 is 0. The second-order valence-electron chi connectivity index (χ2n) is 2.71. The van der Waals surface area contributed by atoms with Crippen LogP contribution >= 0.6 is 0 Å². The van der Waals surface area contributed by atoms with Crippen LogP contribution in [0.15, 0.2) is 18.2 Å². The molecule has 0 saturated carbocycles. The lowest BCUT2D eigenvalue weighted by atomic mass is 10.3. The highest BCUT2D eigenvalue weighted by atomic mass is 19.1. The highest BCUT2D eigenvalue weighted by Gasteiger charge is 2.06. The van der Waals surface area contributed by atoms with Crippen molar-refractivity contribution in [2.45, 2.75) is 6.92 Å². The van der Waals surface area contributed by atoms with Gasteiger partial charge < -0.3 is 0 Å². The summed E-state index contributed by atoms with van der Waals surface area (Å²) in [4.78, 5) is 7.33. The molecule has 0 unspecified atom stereocenters.